The van der Waals surface area contributed by atoms with Crippen molar-refractivity contribution < 1.29 is 0 Å². The molecule has 0 fully saturated rings. The number of rotatable bonds is 9. The summed E-state index contributed by atoms with van der Waals surface area (Å²) in [6.45, 7) is 0. The van der Waals surface area contributed by atoms with Crippen molar-refractivity contribution in [3.05, 3.63) is 497 Å². The molecule has 6 nitrogen and oxygen atoms in total. The number of para-hydroxylation sites is 5. The van der Waals surface area contributed by atoms with Gasteiger partial charge in [0.15, 0.2) is 0 Å². The van der Waals surface area contributed by atoms with Gasteiger partial charge in [0.05, 0.1) is 71.9 Å². The minimum absolute atomic E-state index is 1.16. The number of fused-ring (bicyclic) bond motifs is 33. The largest absolute Gasteiger partial charge is 0.309 e. The first-order valence-corrected chi connectivity index (χ1v) is 51.4. The molecule has 0 N–H and O–H groups in total. The second kappa shape index (κ2) is 32.3. The molecule has 143 heavy (non-hydrogen) atoms. The van der Waals surface area contributed by atoms with Crippen molar-refractivity contribution in [2.24, 2.45) is 0 Å². The van der Waals surface area contributed by atoms with Crippen molar-refractivity contribution in [3.8, 4) is 67.5 Å². The van der Waals surface area contributed by atoms with Crippen LogP contribution in [0.1, 0.15) is 0 Å². The first kappa shape index (κ1) is 81.1. The van der Waals surface area contributed by atoms with Crippen molar-refractivity contribution in [1.82, 2.24) is 27.4 Å². The first-order valence-electron chi connectivity index (χ1n) is 48.9. The smallest absolute Gasteiger partial charge is 0.0562 e. The zero-order valence-corrected chi connectivity index (χ0v) is 79.7. The van der Waals surface area contributed by atoms with Gasteiger partial charge in [0.2, 0.25) is 0 Å². The topological polar surface area (TPSA) is 29.6 Å². The van der Waals surface area contributed by atoms with E-state index in [0.717, 1.165) is 11.4 Å². The van der Waals surface area contributed by atoms with Crippen LogP contribution in [0.15, 0.2) is 497 Å². The molecule has 0 atom stereocenters. The molecule has 9 heteroatoms. The normalized spacial score (nSPS) is 12.1. The van der Waals surface area contributed by atoms with Crippen LogP contribution in [0.2, 0.25) is 0 Å². The molecule has 32 aromatic rings. The minimum atomic E-state index is 1.16. The zero-order chi connectivity index (χ0) is 93.6. The number of nitrogens with zero attached hydrogens (tertiary/aromatic N) is 6. The summed E-state index contributed by atoms with van der Waals surface area (Å²) in [5.74, 6) is 0. The Hall–Kier alpha value is -18.0. The van der Waals surface area contributed by atoms with Gasteiger partial charge in [-0.1, -0.05) is 340 Å². The summed E-state index contributed by atoms with van der Waals surface area (Å²) in [4.78, 5) is 0. The molecule has 0 radical (unpaired) electrons. The first-order chi connectivity index (χ1) is 71.0. The van der Waals surface area contributed by atoms with Crippen LogP contribution < -0.4 is 0 Å². The molecule has 0 spiro atoms. The molecular weight excluding hydrogens is 1790 g/mol. The number of hydrogen-bond acceptors (Lipinski definition) is 3. The maximum Gasteiger partial charge on any atom is 0.0562 e. The monoisotopic (exact) mass is 1870 g/mol. The van der Waals surface area contributed by atoms with Crippen molar-refractivity contribution in [3.63, 3.8) is 0 Å². The lowest BCUT2D eigenvalue weighted by Crippen LogP contribution is -1.97. The number of hydrogen-bond donors (Lipinski definition) is 0. The van der Waals surface area contributed by atoms with Gasteiger partial charge in [-0.15, -0.1) is 34.0 Å². The van der Waals surface area contributed by atoms with Gasteiger partial charge in [0.1, 0.15) is 0 Å². The predicted molar refractivity (Wildman–Crippen MR) is 615 cm³/mol. The van der Waals surface area contributed by atoms with E-state index in [1.165, 1.54) is 269 Å². The van der Waals surface area contributed by atoms with Crippen LogP contribution in [0.25, 0.3) is 280 Å². The predicted octanol–water partition coefficient (Wildman–Crippen LogP) is 38.1. The highest BCUT2D eigenvalue weighted by Gasteiger charge is 2.28. The van der Waals surface area contributed by atoms with E-state index in [1.54, 1.807) is 0 Å². The van der Waals surface area contributed by atoms with E-state index in [1.807, 2.05) is 34.0 Å². The van der Waals surface area contributed by atoms with Crippen molar-refractivity contribution >= 4 is 247 Å². The van der Waals surface area contributed by atoms with E-state index in [0.29, 0.717) is 0 Å². The summed E-state index contributed by atoms with van der Waals surface area (Å²) in [6, 6.07) is 182. The SMILES string of the molecule is c1ccc(-c2cccc(-n3c4cc5c(cc4c4c6sc7ccccc7c6ccc43)c3ccccc3n5-c3ccccc3)c2)cc1.c1ccc(-c2cccc(-n3c4ccccc4c4cc5c6c7sc8ccccc8c7ccc6n(-c6cccc(-c7ccccc7)c6)c5cc43)c2)cc1.c1ccc(-n2c3cc4c(cc3c3c5sc6ccccc6c5ccc32)c2ccccc2n4-c2cc3ccccc3c3ccccc23)cc1. The fourth-order valence-electron chi connectivity index (χ4n) is 23.6. The molecule has 0 aliphatic heterocycles. The minimum Gasteiger partial charge on any atom is -0.309 e. The van der Waals surface area contributed by atoms with Gasteiger partial charge in [0, 0.05) is 159 Å². The van der Waals surface area contributed by atoms with E-state index >= 15 is 0 Å². The summed E-state index contributed by atoms with van der Waals surface area (Å²) < 4.78 is 22.8. The molecule has 9 heterocycles. The van der Waals surface area contributed by atoms with Gasteiger partial charge in [-0.25, -0.2) is 0 Å². The van der Waals surface area contributed by atoms with Gasteiger partial charge in [0.25, 0.3) is 0 Å². The van der Waals surface area contributed by atoms with Crippen LogP contribution in [-0.2, 0) is 0 Å². The van der Waals surface area contributed by atoms with Crippen LogP contribution in [0.5, 0.6) is 0 Å². The summed E-state index contributed by atoms with van der Waals surface area (Å²) in [5.41, 5.74) is 28.9. The fraction of sp³-hybridized carbons (Fsp3) is 0. The Labute approximate surface area is 832 Å². The van der Waals surface area contributed by atoms with Crippen molar-refractivity contribution in [2.45, 2.75) is 0 Å². The fourth-order valence-corrected chi connectivity index (χ4v) is 27.4. The summed E-state index contributed by atoms with van der Waals surface area (Å²) >= 11 is 5.72. The average Bonchev–Trinajstić information content (AvgIpc) is 1.55. The summed E-state index contributed by atoms with van der Waals surface area (Å²) in [7, 11) is 0. The Balaban J connectivity index is 0.000000100. The number of benzene rings is 23. The van der Waals surface area contributed by atoms with E-state index < -0.39 is 0 Å². The molecule has 9 aromatic heterocycles. The molecule has 0 saturated heterocycles. The summed E-state index contributed by atoms with van der Waals surface area (Å²) in [5, 5.41) is 28.5. The van der Waals surface area contributed by atoms with Gasteiger partial charge in [-0.05, 0) is 207 Å². The van der Waals surface area contributed by atoms with Gasteiger partial charge in [-0.2, -0.15) is 0 Å². The van der Waals surface area contributed by atoms with Gasteiger partial charge < -0.3 is 27.4 Å². The third-order valence-corrected chi connectivity index (χ3v) is 33.5. The second-order valence-electron chi connectivity index (χ2n) is 37.6. The zero-order valence-electron chi connectivity index (χ0n) is 77.3. The second-order valence-corrected chi connectivity index (χ2v) is 40.8. The standard InChI is InChI=1S/C48H30N2S.C44H26N2S.C42H26N2S/c1-3-13-31(14-4-1)33-17-11-19-35(27-33)49-42-23-9-7-21-37(42)40-29-41-45(30-44(40)49)50(36-20-12-18-34(28-36)32-15-5-2-6-16-32)43-26-25-39-38-22-8-10-24-46(38)51-48(39)47(41)43;1-2-13-28(14-3-1)45-38-23-22-34-33-19-9-11-21-42(33)47-44(34)43(38)36-25-35-32-18-8-10-20-37(32)46(40(35)26-41(36)45)39-24-27-12-4-5-15-29(27)30-16-6-7-17-31(30)39;1-3-12-27(13-4-1)28-14-11-17-30(24-28)44-37-23-22-33-32-19-8-10-21-40(32)45-42(33)41(37)35-25-34-31-18-7-9-20-36(31)43(38(34)26-39(35)44)29-15-5-2-6-16-29/h1-30H;1-26H;1-26H. The van der Waals surface area contributed by atoms with Crippen LogP contribution in [0, 0.1) is 0 Å². The van der Waals surface area contributed by atoms with Crippen LogP contribution >= 0.6 is 34.0 Å². The average molecular weight is 1870 g/mol. The highest BCUT2D eigenvalue weighted by molar-refractivity contribution is 7.27. The van der Waals surface area contributed by atoms with E-state index in [-0.39, 0.29) is 0 Å². The van der Waals surface area contributed by atoms with E-state index in [2.05, 4.69) is 525 Å². The Morgan fingerprint density at radius 3 is 0.776 bits per heavy atom. The maximum atomic E-state index is 2.50. The quantitative estimate of drug-likeness (QED) is 0.129. The molecule has 32 rings (SSSR count). The lowest BCUT2D eigenvalue weighted by molar-refractivity contribution is 1.16. The molecule has 0 aliphatic rings. The van der Waals surface area contributed by atoms with Crippen LogP contribution in [-0.4, -0.2) is 27.4 Å². The highest BCUT2D eigenvalue weighted by Crippen LogP contribution is 2.52. The molecule has 0 aliphatic carbocycles. The Kier molecular flexibility index (Phi) is 18.3. The third-order valence-electron chi connectivity index (χ3n) is 29.8. The number of aromatic nitrogens is 6. The lowest BCUT2D eigenvalue weighted by atomic mass is 10.00. The van der Waals surface area contributed by atoms with Gasteiger partial charge in [-0.3, -0.25) is 0 Å². The summed E-state index contributed by atoms with van der Waals surface area (Å²) in [6.07, 6.45) is 0. The van der Waals surface area contributed by atoms with Crippen molar-refractivity contribution in [1.29, 1.82) is 0 Å². The molecular formula is C134H82N6S3. The Morgan fingerprint density at radius 1 is 0.126 bits per heavy atom. The van der Waals surface area contributed by atoms with Crippen molar-refractivity contribution in [2.75, 3.05) is 0 Å². The third kappa shape index (κ3) is 12.6. The molecule has 23 aromatic carbocycles. The highest BCUT2D eigenvalue weighted by atomic mass is 32.1. The lowest BCUT2D eigenvalue weighted by Gasteiger charge is -2.14. The molecule has 666 valence electrons. The van der Waals surface area contributed by atoms with E-state index in [4.69, 9.17) is 0 Å². The molecule has 0 saturated carbocycles. The van der Waals surface area contributed by atoms with E-state index in [9.17, 15) is 0 Å². The Bertz CT molecular complexity index is 10900. The molecule has 0 unspecified atom stereocenters. The molecule has 0 amide bonds. The molecule has 0 bridgehead atoms. The van der Waals surface area contributed by atoms with Crippen LogP contribution in [0.3, 0.4) is 0 Å². The van der Waals surface area contributed by atoms with Crippen LogP contribution in [0.4, 0.5) is 0 Å². The van der Waals surface area contributed by atoms with Gasteiger partial charge >= 0.3 is 0 Å². The maximum absolute atomic E-state index is 2.50. The Morgan fingerprint density at radius 2 is 0.392 bits per heavy atom. The number of thiophene rings is 3.